The maximum absolute atomic E-state index is 13.7. The number of nitrogens with zero attached hydrogens (tertiary/aromatic N) is 1. The molecule has 0 aromatic heterocycles. The third-order valence-electron chi connectivity index (χ3n) is 4.68. The average molecular weight is 300 g/mol. The van der Waals surface area contributed by atoms with Gasteiger partial charge in [0.15, 0.2) is 0 Å². The Kier molecular flexibility index (Phi) is 2.90. The van der Waals surface area contributed by atoms with Crippen LogP contribution in [-0.2, 0) is 0 Å². The molecule has 0 bridgehead atoms. The Bertz CT molecular complexity index is 766. The highest BCUT2D eigenvalue weighted by Crippen LogP contribution is 2.52. The van der Waals surface area contributed by atoms with Crippen molar-refractivity contribution in [2.45, 2.75) is 31.6 Å². The number of aliphatic imine (C=N–C) groups is 1. The van der Waals surface area contributed by atoms with Crippen LogP contribution in [0.2, 0.25) is 5.02 Å². The molecule has 2 unspecified atom stereocenters. The fourth-order valence-electron chi connectivity index (χ4n) is 3.68. The highest BCUT2D eigenvalue weighted by molar-refractivity contribution is 6.31. The van der Waals surface area contributed by atoms with E-state index in [4.69, 9.17) is 11.6 Å². The summed E-state index contributed by atoms with van der Waals surface area (Å²) in [5.74, 6) is 0.440. The molecule has 106 valence electrons. The zero-order chi connectivity index (χ0) is 14.6. The van der Waals surface area contributed by atoms with E-state index in [1.165, 1.54) is 11.3 Å². The molecule has 1 saturated carbocycles. The van der Waals surface area contributed by atoms with Crippen molar-refractivity contribution in [1.29, 1.82) is 0 Å². The van der Waals surface area contributed by atoms with Gasteiger partial charge in [0, 0.05) is 22.7 Å². The van der Waals surface area contributed by atoms with E-state index in [0.717, 1.165) is 29.1 Å². The van der Waals surface area contributed by atoms with Crippen molar-refractivity contribution in [3.63, 3.8) is 0 Å². The molecular formula is C18H15ClFN. The molecule has 1 nitrogen and oxygen atoms in total. The molecular weight excluding hydrogens is 285 g/mol. The van der Waals surface area contributed by atoms with Crippen molar-refractivity contribution in [3.05, 3.63) is 63.9 Å². The molecule has 0 N–H and O–H groups in total. The number of hydrogen-bond donors (Lipinski definition) is 0. The van der Waals surface area contributed by atoms with Crippen LogP contribution in [0.3, 0.4) is 0 Å². The van der Waals surface area contributed by atoms with Crippen LogP contribution in [0.1, 0.15) is 41.4 Å². The van der Waals surface area contributed by atoms with E-state index >= 15 is 0 Å². The van der Waals surface area contributed by atoms with Crippen molar-refractivity contribution in [1.82, 2.24) is 0 Å². The lowest BCUT2D eigenvalue weighted by molar-refractivity contribution is 0.616. The van der Waals surface area contributed by atoms with E-state index in [-0.39, 0.29) is 11.7 Å². The first-order chi connectivity index (χ1) is 10.1. The van der Waals surface area contributed by atoms with Crippen LogP contribution < -0.4 is 0 Å². The number of halogens is 2. The summed E-state index contributed by atoms with van der Waals surface area (Å²) in [6.07, 6.45) is 2.03. The Morgan fingerprint density at radius 1 is 1.19 bits per heavy atom. The summed E-state index contributed by atoms with van der Waals surface area (Å²) in [7, 11) is 0. The fourth-order valence-corrected chi connectivity index (χ4v) is 3.96. The van der Waals surface area contributed by atoms with Gasteiger partial charge in [-0.25, -0.2) is 4.39 Å². The van der Waals surface area contributed by atoms with Gasteiger partial charge >= 0.3 is 0 Å². The van der Waals surface area contributed by atoms with E-state index in [1.807, 2.05) is 31.2 Å². The minimum Gasteiger partial charge on any atom is -0.257 e. The van der Waals surface area contributed by atoms with Crippen molar-refractivity contribution in [2.75, 3.05) is 0 Å². The predicted molar refractivity (Wildman–Crippen MR) is 84.4 cm³/mol. The Morgan fingerprint density at radius 3 is 2.81 bits per heavy atom. The monoisotopic (exact) mass is 299 g/mol. The molecule has 2 aromatic carbocycles. The van der Waals surface area contributed by atoms with E-state index in [9.17, 15) is 4.39 Å². The molecule has 0 radical (unpaired) electrons. The van der Waals surface area contributed by atoms with Crippen LogP contribution in [0.25, 0.3) is 0 Å². The SMILES string of the molecule is Cc1cc2c(cc1F)N=C1CCC(c3ccccc3Cl)C12. The summed E-state index contributed by atoms with van der Waals surface area (Å²) in [6, 6.07) is 11.6. The summed E-state index contributed by atoms with van der Waals surface area (Å²) in [5.41, 5.74) is 5.01. The number of aryl methyl sites for hydroxylation is 1. The highest BCUT2D eigenvalue weighted by atomic mass is 35.5. The minimum absolute atomic E-state index is 0.174. The minimum atomic E-state index is -0.174. The van der Waals surface area contributed by atoms with Gasteiger partial charge in [0.2, 0.25) is 0 Å². The highest BCUT2D eigenvalue weighted by Gasteiger charge is 2.40. The Labute approximate surface area is 128 Å². The first-order valence-corrected chi connectivity index (χ1v) is 7.65. The smallest absolute Gasteiger partial charge is 0.128 e. The van der Waals surface area contributed by atoms with Gasteiger partial charge in [0.25, 0.3) is 0 Å². The maximum atomic E-state index is 13.7. The molecule has 3 heteroatoms. The van der Waals surface area contributed by atoms with Crippen molar-refractivity contribution < 1.29 is 4.39 Å². The molecule has 1 fully saturated rings. The molecule has 0 spiro atoms. The van der Waals surface area contributed by atoms with Crippen LogP contribution in [0, 0.1) is 12.7 Å². The van der Waals surface area contributed by atoms with Crippen LogP contribution in [-0.4, -0.2) is 5.71 Å². The molecule has 1 aliphatic carbocycles. The molecule has 2 aromatic rings. The predicted octanol–water partition coefficient (Wildman–Crippen LogP) is 5.53. The number of hydrogen-bond acceptors (Lipinski definition) is 1. The van der Waals surface area contributed by atoms with Gasteiger partial charge in [-0.1, -0.05) is 35.9 Å². The second-order valence-electron chi connectivity index (χ2n) is 5.91. The summed E-state index contributed by atoms with van der Waals surface area (Å²) in [4.78, 5) is 4.65. The summed E-state index contributed by atoms with van der Waals surface area (Å²) in [6.45, 7) is 1.81. The number of benzene rings is 2. The summed E-state index contributed by atoms with van der Waals surface area (Å²) in [5, 5.41) is 0.816. The van der Waals surface area contributed by atoms with Gasteiger partial charge in [-0.15, -0.1) is 0 Å². The Hall–Kier alpha value is -1.67. The normalized spacial score (nSPS) is 22.9. The first kappa shape index (κ1) is 13.0. The van der Waals surface area contributed by atoms with Crippen molar-refractivity contribution in [3.8, 4) is 0 Å². The molecule has 0 amide bonds. The van der Waals surface area contributed by atoms with Crippen LogP contribution in [0.4, 0.5) is 10.1 Å². The van der Waals surface area contributed by atoms with E-state index in [1.54, 1.807) is 6.07 Å². The lowest BCUT2D eigenvalue weighted by Crippen LogP contribution is -2.09. The third kappa shape index (κ3) is 1.93. The van der Waals surface area contributed by atoms with Crippen molar-refractivity contribution >= 4 is 23.0 Å². The van der Waals surface area contributed by atoms with Gasteiger partial charge in [-0.2, -0.15) is 0 Å². The molecule has 4 rings (SSSR count). The summed E-state index contributed by atoms with van der Waals surface area (Å²) < 4.78 is 13.7. The quantitative estimate of drug-likeness (QED) is 0.656. The lowest BCUT2D eigenvalue weighted by atomic mass is 9.83. The van der Waals surface area contributed by atoms with E-state index < -0.39 is 0 Å². The largest absolute Gasteiger partial charge is 0.257 e. The fraction of sp³-hybridized carbons (Fsp3) is 0.278. The van der Waals surface area contributed by atoms with Crippen LogP contribution in [0.5, 0.6) is 0 Å². The zero-order valence-electron chi connectivity index (χ0n) is 11.7. The molecule has 2 atom stereocenters. The average Bonchev–Trinajstić information content (AvgIpc) is 3.00. The molecule has 1 aliphatic heterocycles. The van der Waals surface area contributed by atoms with Gasteiger partial charge < -0.3 is 0 Å². The number of rotatable bonds is 1. The van der Waals surface area contributed by atoms with Gasteiger partial charge in [-0.3, -0.25) is 4.99 Å². The topological polar surface area (TPSA) is 12.4 Å². The first-order valence-electron chi connectivity index (χ1n) is 7.27. The van der Waals surface area contributed by atoms with E-state index in [2.05, 4.69) is 11.1 Å². The summed E-state index contributed by atoms with van der Waals surface area (Å²) >= 11 is 6.38. The van der Waals surface area contributed by atoms with Gasteiger partial charge in [0.05, 0.1) is 5.69 Å². The maximum Gasteiger partial charge on any atom is 0.128 e. The Morgan fingerprint density at radius 2 is 2.00 bits per heavy atom. The molecule has 0 saturated heterocycles. The van der Waals surface area contributed by atoms with E-state index in [0.29, 0.717) is 11.5 Å². The van der Waals surface area contributed by atoms with Crippen LogP contribution >= 0.6 is 11.6 Å². The second-order valence-corrected chi connectivity index (χ2v) is 6.31. The second kappa shape index (κ2) is 4.67. The molecule has 21 heavy (non-hydrogen) atoms. The third-order valence-corrected chi connectivity index (χ3v) is 5.03. The van der Waals surface area contributed by atoms with Crippen LogP contribution in [0.15, 0.2) is 41.4 Å². The zero-order valence-corrected chi connectivity index (χ0v) is 12.5. The number of fused-ring (bicyclic) bond motifs is 3. The Balaban J connectivity index is 1.83. The standard InChI is InChI=1S/C18H15ClFN/c1-10-8-13-17(9-15(10)20)21-16-7-6-12(18(13)16)11-4-2-3-5-14(11)19/h2-5,8-9,12,18H,6-7H2,1H3. The lowest BCUT2D eigenvalue weighted by Gasteiger charge is -2.20. The van der Waals surface area contributed by atoms with Gasteiger partial charge in [0.1, 0.15) is 5.82 Å². The van der Waals surface area contributed by atoms with Gasteiger partial charge in [-0.05, 0) is 48.4 Å². The van der Waals surface area contributed by atoms with Crippen molar-refractivity contribution in [2.24, 2.45) is 4.99 Å². The molecule has 1 heterocycles. The molecule has 2 aliphatic rings.